The first-order valence-electron chi connectivity index (χ1n) is 3.61. The molecule has 12 heavy (non-hydrogen) atoms. The Morgan fingerprint density at radius 2 is 2.33 bits per heavy atom. The second kappa shape index (κ2) is 2.49. The molecule has 4 heteroatoms. The molecule has 0 amide bonds. The topological polar surface area (TPSA) is 68.9 Å². The summed E-state index contributed by atoms with van der Waals surface area (Å²) < 4.78 is 0. The maximum atomic E-state index is 11.2. The molecule has 0 aliphatic carbocycles. The molecule has 0 saturated carbocycles. The van der Waals surface area contributed by atoms with Crippen molar-refractivity contribution in [3.05, 3.63) is 34.2 Å². The summed E-state index contributed by atoms with van der Waals surface area (Å²) in [7, 11) is 0. The highest BCUT2D eigenvalue weighted by atomic mass is 16.3. The first-order valence-corrected chi connectivity index (χ1v) is 3.61. The molecule has 2 heterocycles. The van der Waals surface area contributed by atoms with Crippen LogP contribution in [0.3, 0.4) is 0 Å². The minimum Gasteiger partial charge on any atom is -0.390 e. The Morgan fingerprint density at radius 3 is 3.00 bits per heavy atom. The van der Waals surface area contributed by atoms with Gasteiger partial charge in [-0.25, -0.2) is 0 Å². The highest BCUT2D eigenvalue weighted by Crippen LogP contribution is 2.07. The molecule has 2 aromatic heterocycles. The molecule has 4 nitrogen and oxygen atoms in total. The van der Waals surface area contributed by atoms with E-state index in [2.05, 4.69) is 9.97 Å². The van der Waals surface area contributed by atoms with Gasteiger partial charge in [0.25, 0.3) is 0 Å². The van der Waals surface area contributed by atoms with E-state index in [4.69, 9.17) is 5.11 Å². The van der Waals surface area contributed by atoms with E-state index in [-0.39, 0.29) is 12.0 Å². The fraction of sp³-hybridized carbons (Fsp3) is 0.125. The number of aliphatic hydroxyl groups is 1. The minimum atomic E-state index is -0.0814. The Bertz CT molecular complexity index is 455. The third-order valence-electron chi connectivity index (χ3n) is 1.77. The van der Waals surface area contributed by atoms with Crippen molar-refractivity contribution in [2.45, 2.75) is 6.61 Å². The quantitative estimate of drug-likeness (QED) is 0.569. The lowest BCUT2D eigenvalue weighted by Crippen LogP contribution is -1.97. The molecule has 0 bridgehead atoms. The van der Waals surface area contributed by atoms with Crippen LogP contribution in [0.15, 0.2) is 23.1 Å². The zero-order valence-corrected chi connectivity index (χ0v) is 6.29. The van der Waals surface area contributed by atoms with Crippen LogP contribution in [-0.4, -0.2) is 15.1 Å². The fourth-order valence-corrected chi connectivity index (χ4v) is 1.19. The van der Waals surface area contributed by atoms with Crippen molar-refractivity contribution < 1.29 is 5.11 Å². The molecule has 0 aliphatic heterocycles. The zero-order chi connectivity index (χ0) is 8.55. The maximum absolute atomic E-state index is 11.2. The summed E-state index contributed by atoms with van der Waals surface area (Å²) in [6.07, 6.45) is 1.57. The van der Waals surface area contributed by atoms with Crippen molar-refractivity contribution >= 4 is 11.0 Å². The molecule has 2 rings (SSSR count). The first-order chi connectivity index (χ1) is 5.81. The van der Waals surface area contributed by atoms with E-state index < -0.39 is 0 Å². The van der Waals surface area contributed by atoms with Crippen LogP contribution in [0, 0.1) is 0 Å². The van der Waals surface area contributed by atoms with Gasteiger partial charge in [-0.1, -0.05) is 0 Å². The van der Waals surface area contributed by atoms with Crippen molar-refractivity contribution in [1.29, 1.82) is 0 Å². The summed E-state index contributed by atoms with van der Waals surface area (Å²) in [4.78, 5) is 16.9. The standard InChI is InChI=1S/C8H8N2O2/c11-4-5-3-6-7(12)1-2-9-8(6)10-5/h1-3,11H,4H2,(H2,9,10,12). The van der Waals surface area contributed by atoms with Gasteiger partial charge >= 0.3 is 0 Å². The van der Waals surface area contributed by atoms with E-state index in [9.17, 15) is 4.79 Å². The molecule has 62 valence electrons. The van der Waals surface area contributed by atoms with Crippen molar-refractivity contribution in [1.82, 2.24) is 9.97 Å². The molecule has 0 fully saturated rings. The summed E-state index contributed by atoms with van der Waals surface area (Å²) >= 11 is 0. The molecular weight excluding hydrogens is 156 g/mol. The number of H-pyrrole nitrogens is 2. The first kappa shape index (κ1) is 7.12. The lowest BCUT2D eigenvalue weighted by atomic mass is 10.3. The molecular formula is C8H8N2O2. The largest absolute Gasteiger partial charge is 0.390 e. The molecule has 0 atom stereocenters. The van der Waals surface area contributed by atoms with E-state index in [1.165, 1.54) is 6.07 Å². The Balaban J connectivity index is 2.83. The average Bonchev–Trinajstić information content (AvgIpc) is 2.49. The van der Waals surface area contributed by atoms with Crippen LogP contribution < -0.4 is 5.43 Å². The molecule has 0 aliphatic rings. The smallest absolute Gasteiger partial charge is 0.190 e. The van der Waals surface area contributed by atoms with Gasteiger partial charge in [0, 0.05) is 18.0 Å². The summed E-state index contributed by atoms with van der Waals surface area (Å²) in [6, 6.07) is 3.10. The molecule has 0 aromatic carbocycles. The van der Waals surface area contributed by atoms with Gasteiger partial charge in [-0.15, -0.1) is 0 Å². The van der Waals surface area contributed by atoms with Gasteiger partial charge in [-0.2, -0.15) is 0 Å². The van der Waals surface area contributed by atoms with E-state index in [0.717, 1.165) is 0 Å². The molecule has 0 spiro atoms. The highest BCUT2D eigenvalue weighted by molar-refractivity contribution is 5.75. The number of pyridine rings is 1. The Morgan fingerprint density at radius 1 is 1.50 bits per heavy atom. The highest BCUT2D eigenvalue weighted by Gasteiger charge is 2.01. The Hall–Kier alpha value is -1.55. The molecule has 0 unspecified atom stereocenters. The predicted molar refractivity (Wildman–Crippen MR) is 44.8 cm³/mol. The molecule has 3 N–H and O–H groups in total. The van der Waals surface area contributed by atoms with Crippen LogP contribution in [-0.2, 0) is 6.61 Å². The van der Waals surface area contributed by atoms with Gasteiger partial charge in [0.15, 0.2) is 5.43 Å². The van der Waals surface area contributed by atoms with Gasteiger partial charge < -0.3 is 15.1 Å². The number of fused-ring (bicyclic) bond motifs is 1. The van der Waals surface area contributed by atoms with Crippen LogP contribution >= 0.6 is 0 Å². The lowest BCUT2D eigenvalue weighted by molar-refractivity contribution is 0.278. The van der Waals surface area contributed by atoms with E-state index in [1.807, 2.05) is 0 Å². The Labute approximate surface area is 67.9 Å². The Kier molecular flexibility index (Phi) is 1.48. The predicted octanol–water partition coefficient (Wildman–Crippen LogP) is 0.349. The van der Waals surface area contributed by atoms with Crippen molar-refractivity contribution in [3.8, 4) is 0 Å². The van der Waals surface area contributed by atoms with Gasteiger partial charge in [0.05, 0.1) is 12.0 Å². The number of aromatic nitrogens is 2. The number of aromatic amines is 2. The fourth-order valence-electron chi connectivity index (χ4n) is 1.19. The van der Waals surface area contributed by atoms with Gasteiger partial charge in [0.2, 0.25) is 0 Å². The number of hydrogen-bond acceptors (Lipinski definition) is 2. The SMILES string of the molecule is O=c1cc[nH]c2[nH]c(CO)cc12. The minimum absolute atomic E-state index is 0.0419. The van der Waals surface area contributed by atoms with E-state index in [0.29, 0.717) is 16.7 Å². The molecule has 2 aromatic rings. The van der Waals surface area contributed by atoms with Crippen molar-refractivity contribution in [2.75, 3.05) is 0 Å². The van der Waals surface area contributed by atoms with Gasteiger partial charge in [-0.3, -0.25) is 4.79 Å². The van der Waals surface area contributed by atoms with Crippen LogP contribution in [0.4, 0.5) is 0 Å². The van der Waals surface area contributed by atoms with Crippen LogP contribution in [0.25, 0.3) is 11.0 Å². The van der Waals surface area contributed by atoms with E-state index in [1.54, 1.807) is 12.3 Å². The maximum Gasteiger partial charge on any atom is 0.190 e. The summed E-state index contributed by atoms with van der Waals surface area (Å²) in [5.74, 6) is 0. The van der Waals surface area contributed by atoms with Crippen molar-refractivity contribution in [2.24, 2.45) is 0 Å². The average molecular weight is 164 g/mol. The third-order valence-corrected chi connectivity index (χ3v) is 1.77. The number of rotatable bonds is 1. The van der Waals surface area contributed by atoms with Crippen LogP contribution in [0.1, 0.15) is 5.69 Å². The van der Waals surface area contributed by atoms with Gasteiger partial charge in [-0.05, 0) is 6.07 Å². The third kappa shape index (κ3) is 0.931. The summed E-state index contributed by atoms with van der Waals surface area (Å²) in [5.41, 5.74) is 1.26. The van der Waals surface area contributed by atoms with E-state index >= 15 is 0 Å². The lowest BCUT2D eigenvalue weighted by Gasteiger charge is -1.86. The summed E-state index contributed by atoms with van der Waals surface area (Å²) in [5, 5.41) is 9.37. The number of hydrogen-bond donors (Lipinski definition) is 3. The molecule has 0 radical (unpaired) electrons. The number of aliphatic hydroxyl groups excluding tert-OH is 1. The monoisotopic (exact) mass is 164 g/mol. The second-order valence-electron chi connectivity index (χ2n) is 2.58. The normalized spacial score (nSPS) is 10.8. The number of nitrogens with one attached hydrogen (secondary N) is 2. The van der Waals surface area contributed by atoms with Crippen LogP contribution in [0.5, 0.6) is 0 Å². The van der Waals surface area contributed by atoms with Crippen molar-refractivity contribution in [3.63, 3.8) is 0 Å². The zero-order valence-electron chi connectivity index (χ0n) is 6.29. The summed E-state index contributed by atoms with van der Waals surface area (Å²) in [6.45, 7) is -0.0814. The molecule has 0 saturated heterocycles. The second-order valence-corrected chi connectivity index (χ2v) is 2.58. The van der Waals surface area contributed by atoms with Gasteiger partial charge in [0.1, 0.15) is 5.65 Å². The van der Waals surface area contributed by atoms with Crippen LogP contribution in [0.2, 0.25) is 0 Å².